The van der Waals surface area contributed by atoms with Gasteiger partial charge < -0.3 is 19.3 Å². The van der Waals surface area contributed by atoms with E-state index < -0.39 is 23.5 Å². The molecule has 3 aromatic rings. The summed E-state index contributed by atoms with van der Waals surface area (Å²) in [6.07, 6.45) is 0. The predicted molar refractivity (Wildman–Crippen MR) is 143 cm³/mol. The van der Waals surface area contributed by atoms with Gasteiger partial charge in [-0.05, 0) is 60.9 Å². The Morgan fingerprint density at radius 2 is 1.54 bits per heavy atom. The fourth-order valence-corrected chi connectivity index (χ4v) is 5.29. The Labute approximate surface area is 224 Å². The molecule has 1 atom stereocenters. The molecule has 37 heavy (non-hydrogen) atoms. The van der Waals surface area contributed by atoms with E-state index in [1.54, 1.807) is 24.3 Å². The first kappa shape index (κ1) is 26.4. The summed E-state index contributed by atoms with van der Waals surface area (Å²) >= 11 is 12.8. The molecular weight excluding hydrogens is 517 g/mol. The predicted octanol–water partition coefficient (Wildman–Crippen LogP) is 6.26. The maximum atomic E-state index is 13.5. The molecule has 192 valence electrons. The van der Waals surface area contributed by atoms with Crippen LogP contribution < -0.4 is 19.1 Å². The second kappa shape index (κ2) is 10.4. The highest BCUT2D eigenvalue weighted by atomic mass is 35.5. The molecule has 1 heterocycles. The number of aryl methyl sites for hydroxylation is 2. The summed E-state index contributed by atoms with van der Waals surface area (Å²) in [6.45, 7) is 3.81. The zero-order valence-corrected chi connectivity index (χ0v) is 22.4. The van der Waals surface area contributed by atoms with E-state index in [-0.39, 0.29) is 32.7 Å². The zero-order valence-electron chi connectivity index (χ0n) is 20.9. The SMILES string of the molecule is COc1cccc(C2/C(=C(\O)c3cc(Cl)c(OC)c(Cl)c3OC)C(=O)C(=O)N2c2cc(C)cc(C)c2)c1. The Balaban J connectivity index is 2.05. The summed E-state index contributed by atoms with van der Waals surface area (Å²) < 4.78 is 16.1. The maximum Gasteiger partial charge on any atom is 0.300 e. The van der Waals surface area contributed by atoms with Crippen LogP contribution in [0.25, 0.3) is 5.76 Å². The molecule has 0 aliphatic carbocycles. The summed E-state index contributed by atoms with van der Waals surface area (Å²) in [5.41, 5.74) is 2.80. The lowest BCUT2D eigenvalue weighted by Gasteiger charge is -2.26. The number of carbonyl (C=O) groups excluding carboxylic acids is 2. The van der Waals surface area contributed by atoms with Crippen molar-refractivity contribution in [3.63, 3.8) is 0 Å². The van der Waals surface area contributed by atoms with Crippen LogP contribution in [0.15, 0.2) is 54.1 Å². The molecule has 1 amide bonds. The van der Waals surface area contributed by atoms with Crippen LogP contribution in [-0.2, 0) is 9.59 Å². The topological polar surface area (TPSA) is 85.3 Å². The first-order valence-electron chi connectivity index (χ1n) is 11.3. The van der Waals surface area contributed by atoms with E-state index in [9.17, 15) is 14.7 Å². The molecule has 1 aliphatic heterocycles. The Morgan fingerprint density at radius 1 is 0.892 bits per heavy atom. The maximum absolute atomic E-state index is 13.5. The molecular formula is C28H25Cl2NO6. The second-order valence-corrected chi connectivity index (χ2v) is 9.36. The Bertz CT molecular complexity index is 1430. The summed E-state index contributed by atoms with van der Waals surface area (Å²) in [7, 11) is 4.27. The number of amides is 1. The van der Waals surface area contributed by atoms with Crippen molar-refractivity contribution in [3.8, 4) is 17.2 Å². The quantitative estimate of drug-likeness (QED) is 0.225. The lowest BCUT2D eigenvalue weighted by Crippen LogP contribution is -2.29. The average molecular weight is 542 g/mol. The fourth-order valence-electron chi connectivity index (χ4n) is 4.61. The third-order valence-electron chi connectivity index (χ3n) is 6.13. The van der Waals surface area contributed by atoms with Crippen LogP contribution in [0.5, 0.6) is 17.2 Å². The Hall–Kier alpha value is -3.68. The van der Waals surface area contributed by atoms with Crippen LogP contribution in [0.3, 0.4) is 0 Å². The number of aliphatic hydroxyl groups excluding tert-OH is 1. The Morgan fingerprint density at radius 3 is 2.14 bits per heavy atom. The summed E-state index contributed by atoms with van der Waals surface area (Å²) in [6, 6.07) is 13.0. The minimum absolute atomic E-state index is 0.0144. The third kappa shape index (κ3) is 4.61. The van der Waals surface area contributed by atoms with Crippen molar-refractivity contribution < 1.29 is 28.9 Å². The minimum atomic E-state index is -0.972. The van der Waals surface area contributed by atoms with E-state index in [2.05, 4.69) is 0 Å². The second-order valence-electron chi connectivity index (χ2n) is 8.58. The van der Waals surface area contributed by atoms with E-state index in [1.165, 1.54) is 32.3 Å². The highest BCUT2D eigenvalue weighted by molar-refractivity contribution is 6.52. The van der Waals surface area contributed by atoms with Gasteiger partial charge in [0.15, 0.2) is 11.5 Å². The highest BCUT2D eigenvalue weighted by Gasteiger charge is 2.47. The molecule has 0 saturated carbocycles. The number of Topliss-reactive ketones (excluding diaryl/α,β-unsaturated/α-hetero) is 1. The van der Waals surface area contributed by atoms with Gasteiger partial charge in [0.2, 0.25) is 0 Å². The van der Waals surface area contributed by atoms with Gasteiger partial charge in [-0.2, -0.15) is 0 Å². The summed E-state index contributed by atoms with van der Waals surface area (Å²) in [5.74, 6) is -1.42. The van der Waals surface area contributed by atoms with Crippen LogP contribution in [-0.4, -0.2) is 38.1 Å². The van der Waals surface area contributed by atoms with Gasteiger partial charge in [-0.15, -0.1) is 0 Å². The van der Waals surface area contributed by atoms with Gasteiger partial charge in [0.25, 0.3) is 11.7 Å². The molecule has 1 N–H and O–H groups in total. The number of benzene rings is 3. The highest BCUT2D eigenvalue weighted by Crippen LogP contribution is 2.48. The molecule has 0 radical (unpaired) electrons. The van der Waals surface area contributed by atoms with Crippen molar-refractivity contribution in [3.05, 3.63) is 86.4 Å². The first-order valence-corrected chi connectivity index (χ1v) is 12.0. The number of ketones is 1. The van der Waals surface area contributed by atoms with Gasteiger partial charge in [0.05, 0.1) is 43.5 Å². The van der Waals surface area contributed by atoms with Crippen molar-refractivity contribution >= 4 is 46.3 Å². The normalized spacial score (nSPS) is 16.7. The summed E-state index contributed by atoms with van der Waals surface area (Å²) in [4.78, 5) is 28.4. The van der Waals surface area contributed by atoms with Crippen molar-refractivity contribution in [1.29, 1.82) is 0 Å². The summed E-state index contributed by atoms with van der Waals surface area (Å²) in [5, 5.41) is 11.7. The van der Waals surface area contributed by atoms with Crippen molar-refractivity contribution in [2.75, 3.05) is 26.2 Å². The zero-order chi connectivity index (χ0) is 27.0. The number of hydrogen-bond acceptors (Lipinski definition) is 6. The van der Waals surface area contributed by atoms with Crippen LogP contribution in [0.4, 0.5) is 5.69 Å². The molecule has 1 fully saturated rings. The van der Waals surface area contributed by atoms with Crippen LogP contribution >= 0.6 is 23.2 Å². The van der Waals surface area contributed by atoms with Crippen LogP contribution in [0, 0.1) is 13.8 Å². The van der Waals surface area contributed by atoms with Crippen molar-refractivity contribution in [2.45, 2.75) is 19.9 Å². The number of methoxy groups -OCH3 is 3. The number of rotatable bonds is 6. The lowest BCUT2D eigenvalue weighted by atomic mass is 9.94. The monoisotopic (exact) mass is 541 g/mol. The number of ether oxygens (including phenoxy) is 3. The van der Waals surface area contributed by atoms with Crippen LogP contribution in [0.2, 0.25) is 10.0 Å². The lowest BCUT2D eigenvalue weighted by molar-refractivity contribution is -0.132. The molecule has 0 aromatic heterocycles. The van der Waals surface area contributed by atoms with E-state index in [1.807, 2.05) is 32.0 Å². The van der Waals surface area contributed by atoms with E-state index >= 15 is 0 Å². The third-order valence-corrected chi connectivity index (χ3v) is 6.76. The van der Waals surface area contributed by atoms with Gasteiger partial charge in [0, 0.05) is 5.69 Å². The standard InChI is InChI=1S/C28H25Cl2NO6/c1-14-9-15(2)11-17(10-14)31-23(16-7-6-8-18(12-16)35-3)21(25(33)28(31)34)24(32)19-13-20(29)27(37-5)22(30)26(19)36-4/h6-13,23,32H,1-5H3/b24-21+. The number of carbonyl (C=O) groups is 2. The van der Waals surface area contributed by atoms with E-state index in [0.717, 1.165) is 11.1 Å². The smallest absolute Gasteiger partial charge is 0.300 e. The molecule has 1 aliphatic rings. The fraction of sp³-hybridized carbons (Fsp3) is 0.214. The number of hydrogen-bond donors (Lipinski definition) is 1. The van der Waals surface area contributed by atoms with E-state index in [4.69, 9.17) is 37.4 Å². The Kier molecular flexibility index (Phi) is 7.39. The van der Waals surface area contributed by atoms with Gasteiger partial charge in [0.1, 0.15) is 16.5 Å². The number of nitrogens with zero attached hydrogens (tertiary/aromatic N) is 1. The first-order chi connectivity index (χ1) is 17.6. The molecule has 3 aromatic carbocycles. The minimum Gasteiger partial charge on any atom is -0.507 e. The van der Waals surface area contributed by atoms with Gasteiger partial charge in [-0.1, -0.05) is 41.4 Å². The van der Waals surface area contributed by atoms with Gasteiger partial charge in [-0.3, -0.25) is 14.5 Å². The number of anilines is 1. The molecule has 7 nitrogen and oxygen atoms in total. The average Bonchev–Trinajstić information content (AvgIpc) is 3.13. The molecule has 0 spiro atoms. The largest absolute Gasteiger partial charge is 0.507 e. The number of aliphatic hydroxyl groups is 1. The van der Waals surface area contributed by atoms with Gasteiger partial charge >= 0.3 is 0 Å². The molecule has 1 unspecified atom stereocenters. The molecule has 9 heteroatoms. The molecule has 0 bridgehead atoms. The van der Waals surface area contributed by atoms with Crippen LogP contribution in [0.1, 0.15) is 28.3 Å². The molecule has 4 rings (SSSR count). The molecule has 1 saturated heterocycles. The number of halogens is 2. The van der Waals surface area contributed by atoms with Crippen molar-refractivity contribution in [2.24, 2.45) is 0 Å². The van der Waals surface area contributed by atoms with Gasteiger partial charge in [-0.25, -0.2) is 0 Å². The van der Waals surface area contributed by atoms with E-state index in [0.29, 0.717) is 17.0 Å². The van der Waals surface area contributed by atoms with Crippen molar-refractivity contribution in [1.82, 2.24) is 0 Å².